The Morgan fingerprint density at radius 1 is 1.23 bits per heavy atom. The highest BCUT2D eigenvalue weighted by Crippen LogP contribution is 2.32. The third-order valence-electron chi connectivity index (χ3n) is 3.62. The van der Waals surface area contributed by atoms with Crippen LogP contribution in [0.5, 0.6) is 0 Å². The van der Waals surface area contributed by atoms with Gasteiger partial charge in [0.25, 0.3) is 5.91 Å². The van der Waals surface area contributed by atoms with E-state index in [-0.39, 0.29) is 5.91 Å². The summed E-state index contributed by atoms with van der Waals surface area (Å²) in [6, 6.07) is 11.5. The van der Waals surface area contributed by atoms with Gasteiger partial charge in [-0.3, -0.25) is 4.79 Å². The number of nitrogens with zero attached hydrogens (tertiary/aromatic N) is 4. The first-order valence-corrected chi connectivity index (χ1v) is 8.42. The first-order chi connectivity index (χ1) is 10.7. The number of benzene rings is 1. The Kier molecular flexibility index (Phi) is 4.41. The molecule has 0 N–H and O–H groups in total. The minimum Gasteiger partial charge on any atom is -0.358 e. The lowest BCUT2D eigenvalue weighted by atomic mass is 10.2. The van der Waals surface area contributed by atoms with E-state index in [2.05, 4.69) is 31.3 Å². The fourth-order valence-electron chi connectivity index (χ4n) is 2.45. The van der Waals surface area contributed by atoms with Gasteiger partial charge in [-0.25, -0.2) is 0 Å². The zero-order chi connectivity index (χ0) is 15.5. The molecule has 1 aliphatic heterocycles. The molecule has 0 bridgehead atoms. The minimum absolute atomic E-state index is 0.0613. The van der Waals surface area contributed by atoms with Crippen LogP contribution in [0.25, 0.3) is 0 Å². The van der Waals surface area contributed by atoms with Crippen LogP contribution in [-0.4, -0.2) is 41.4 Å². The molecule has 112 valence electrons. The second-order valence-corrected chi connectivity index (χ2v) is 6.41. The number of aromatic nitrogens is 1. The molecule has 1 aromatic heterocycles. The molecule has 3 rings (SSSR count). The van der Waals surface area contributed by atoms with Crippen molar-refractivity contribution in [2.24, 2.45) is 0 Å². The molecule has 0 radical (unpaired) electrons. The Labute approximate surface area is 141 Å². The van der Waals surface area contributed by atoms with E-state index in [9.17, 15) is 10.1 Å². The van der Waals surface area contributed by atoms with Gasteiger partial charge in [0.1, 0.15) is 21.2 Å². The van der Waals surface area contributed by atoms with Gasteiger partial charge >= 0.3 is 0 Å². The standard InChI is InChI=1S/C15H13BrN4OS/c16-13-12(10-17)15(22-18-13)20-8-6-19(7-9-20)14(21)11-4-2-1-3-5-11/h1-5H,6-9H2. The van der Waals surface area contributed by atoms with E-state index < -0.39 is 0 Å². The van der Waals surface area contributed by atoms with Crippen LogP contribution in [0, 0.1) is 11.3 Å². The number of carbonyl (C=O) groups excluding carboxylic acids is 1. The van der Waals surface area contributed by atoms with Gasteiger partial charge in [-0.15, -0.1) is 0 Å². The monoisotopic (exact) mass is 376 g/mol. The van der Waals surface area contributed by atoms with Crippen LogP contribution in [0.4, 0.5) is 5.00 Å². The van der Waals surface area contributed by atoms with E-state index in [0.29, 0.717) is 41.9 Å². The molecule has 0 unspecified atom stereocenters. The highest BCUT2D eigenvalue weighted by molar-refractivity contribution is 9.10. The number of anilines is 1. The predicted molar refractivity (Wildman–Crippen MR) is 89.1 cm³/mol. The second kappa shape index (κ2) is 6.46. The highest BCUT2D eigenvalue weighted by Gasteiger charge is 2.25. The average Bonchev–Trinajstić information content (AvgIpc) is 2.96. The molecule has 0 spiro atoms. The van der Waals surface area contributed by atoms with Gasteiger partial charge in [-0.2, -0.15) is 9.64 Å². The number of hydrogen-bond donors (Lipinski definition) is 0. The van der Waals surface area contributed by atoms with Gasteiger partial charge in [0, 0.05) is 31.7 Å². The Morgan fingerprint density at radius 2 is 1.91 bits per heavy atom. The molecule has 1 aliphatic rings. The molecular formula is C15H13BrN4OS. The molecule has 2 aromatic rings. The zero-order valence-electron chi connectivity index (χ0n) is 11.7. The van der Waals surface area contributed by atoms with Crippen molar-refractivity contribution in [3.63, 3.8) is 0 Å². The van der Waals surface area contributed by atoms with Crippen LogP contribution in [0.2, 0.25) is 0 Å². The fraction of sp³-hybridized carbons (Fsp3) is 0.267. The quantitative estimate of drug-likeness (QED) is 0.808. The SMILES string of the molecule is N#Cc1c(Br)nsc1N1CCN(C(=O)c2ccccc2)CC1. The van der Waals surface area contributed by atoms with Gasteiger partial charge < -0.3 is 9.80 Å². The first kappa shape index (κ1) is 15.0. The second-order valence-electron chi connectivity index (χ2n) is 4.91. The van der Waals surface area contributed by atoms with Crippen LogP contribution >= 0.6 is 27.5 Å². The van der Waals surface area contributed by atoms with Gasteiger partial charge in [0.2, 0.25) is 0 Å². The topological polar surface area (TPSA) is 60.2 Å². The Morgan fingerprint density at radius 3 is 2.55 bits per heavy atom. The van der Waals surface area contributed by atoms with Crippen molar-refractivity contribution >= 4 is 38.4 Å². The van der Waals surface area contributed by atoms with Crippen molar-refractivity contribution in [1.29, 1.82) is 5.26 Å². The van der Waals surface area contributed by atoms with Crippen molar-refractivity contribution in [3.05, 3.63) is 46.1 Å². The highest BCUT2D eigenvalue weighted by atomic mass is 79.9. The smallest absolute Gasteiger partial charge is 0.253 e. The predicted octanol–water partition coefficient (Wildman–Crippen LogP) is 2.74. The average molecular weight is 377 g/mol. The number of carbonyl (C=O) groups is 1. The van der Waals surface area contributed by atoms with Gasteiger partial charge in [-0.05, 0) is 39.6 Å². The van der Waals surface area contributed by atoms with Crippen LogP contribution in [-0.2, 0) is 0 Å². The fourth-order valence-corrected chi connectivity index (χ4v) is 3.86. The van der Waals surface area contributed by atoms with Crippen LogP contribution in [0.15, 0.2) is 34.9 Å². The summed E-state index contributed by atoms with van der Waals surface area (Å²) in [5, 5.41) is 10.1. The Hall–Kier alpha value is -1.91. The number of amides is 1. The summed E-state index contributed by atoms with van der Waals surface area (Å²) < 4.78 is 4.77. The maximum absolute atomic E-state index is 12.4. The summed E-state index contributed by atoms with van der Waals surface area (Å²) in [6.45, 7) is 2.71. The van der Waals surface area contributed by atoms with E-state index in [1.165, 1.54) is 11.5 Å². The summed E-state index contributed by atoms with van der Waals surface area (Å²) in [6.07, 6.45) is 0. The molecule has 0 saturated carbocycles. The van der Waals surface area contributed by atoms with Gasteiger partial charge in [0.05, 0.1) is 0 Å². The maximum Gasteiger partial charge on any atom is 0.253 e. The molecule has 1 aromatic carbocycles. The normalized spacial score (nSPS) is 14.7. The first-order valence-electron chi connectivity index (χ1n) is 6.85. The molecule has 7 heteroatoms. The molecule has 0 atom stereocenters. The number of nitriles is 1. The summed E-state index contributed by atoms with van der Waals surface area (Å²) in [5.41, 5.74) is 1.29. The van der Waals surface area contributed by atoms with E-state index in [1.807, 2.05) is 35.2 Å². The van der Waals surface area contributed by atoms with E-state index >= 15 is 0 Å². The largest absolute Gasteiger partial charge is 0.358 e. The third kappa shape index (κ3) is 2.85. The van der Waals surface area contributed by atoms with Crippen LogP contribution in [0.3, 0.4) is 0 Å². The van der Waals surface area contributed by atoms with Gasteiger partial charge in [-0.1, -0.05) is 18.2 Å². The lowest BCUT2D eigenvalue weighted by molar-refractivity contribution is 0.0747. The van der Waals surface area contributed by atoms with Crippen molar-refractivity contribution in [2.45, 2.75) is 0 Å². The van der Waals surface area contributed by atoms with Gasteiger partial charge in [0.15, 0.2) is 0 Å². The summed E-state index contributed by atoms with van der Waals surface area (Å²) in [7, 11) is 0. The van der Waals surface area contributed by atoms with E-state index in [1.54, 1.807) is 0 Å². The van der Waals surface area contributed by atoms with E-state index in [0.717, 1.165) is 5.00 Å². The number of halogens is 1. The molecular weight excluding hydrogens is 364 g/mol. The molecule has 5 nitrogen and oxygen atoms in total. The minimum atomic E-state index is 0.0613. The number of piperazine rings is 1. The Balaban J connectivity index is 1.68. The molecule has 0 aliphatic carbocycles. The molecule has 1 amide bonds. The summed E-state index contributed by atoms with van der Waals surface area (Å²) >= 11 is 4.61. The van der Waals surface area contributed by atoms with Crippen LogP contribution in [0.1, 0.15) is 15.9 Å². The Bertz CT molecular complexity index is 717. The lowest BCUT2D eigenvalue weighted by Gasteiger charge is -2.35. The summed E-state index contributed by atoms with van der Waals surface area (Å²) in [5.74, 6) is 0.0613. The number of hydrogen-bond acceptors (Lipinski definition) is 5. The molecule has 22 heavy (non-hydrogen) atoms. The maximum atomic E-state index is 12.4. The molecule has 1 fully saturated rings. The van der Waals surface area contributed by atoms with Crippen molar-refractivity contribution in [2.75, 3.05) is 31.1 Å². The lowest BCUT2D eigenvalue weighted by Crippen LogP contribution is -2.48. The van der Waals surface area contributed by atoms with Crippen molar-refractivity contribution in [3.8, 4) is 6.07 Å². The van der Waals surface area contributed by atoms with Crippen LogP contribution < -0.4 is 4.90 Å². The summed E-state index contributed by atoms with van der Waals surface area (Å²) in [4.78, 5) is 16.4. The molecule has 1 saturated heterocycles. The molecule has 2 heterocycles. The number of rotatable bonds is 2. The van der Waals surface area contributed by atoms with Crippen molar-refractivity contribution < 1.29 is 4.79 Å². The third-order valence-corrected chi connectivity index (χ3v) is 5.34. The van der Waals surface area contributed by atoms with Crippen molar-refractivity contribution in [1.82, 2.24) is 9.27 Å². The zero-order valence-corrected chi connectivity index (χ0v) is 14.1. The van der Waals surface area contributed by atoms with E-state index in [4.69, 9.17) is 0 Å².